The van der Waals surface area contributed by atoms with Gasteiger partial charge in [0.1, 0.15) is 6.04 Å². The quantitative estimate of drug-likeness (QED) is 0.807. The van der Waals surface area contributed by atoms with Crippen LogP contribution in [0, 0.1) is 0 Å². The van der Waals surface area contributed by atoms with Crippen molar-refractivity contribution in [2.24, 2.45) is 0 Å². The predicted molar refractivity (Wildman–Crippen MR) is 89.5 cm³/mol. The second-order valence-electron chi connectivity index (χ2n) is 5.41. The molecule has 1 aromatic heterocycles. The highest BCUT2D eigenvalue weighted by Gasteiger charge is 2.27. The van der Waals surface area contributed by atoms with E-state index in [1.165, 1.54) is 4.88 Å². The van der Waals surface area contributed by atoms with Gasteiger partial charge in [0.15, 0.2) is 0 Å². The number of nitrogens with one attached hydrogen (secondary N) is 2. The summed E-state index contributed by atoms with van der Waals surface area (Å²) in [5.74, 6) is -0.0813. The van der Waals surface area contributed by atoms with E-state index in [0.29, 0.717) is 19.6 Å². The van der Waals surface area contributed by atoms with Crippen molar-refractivity contribution in [1.82, 2.24) is 15.5 Å². The summed E-state index contributed by atoms with van der Waals surface area (Å²) in [6, 6.07) is 3.40. The first kappa shape index (κ1) is 17.1. The van der Waals surface area contributed by atoms with Gasteiger partial charge in [0, 0.05) is 24.5 Å². The first-order valence-corrected chi connectivity index (χ1v) is 8.84. The molecule has 3 amide bonds. The Kier molecular flexibility index (Phi) is 6.51. The maximum atomic E-state index is 12.2. The standard InChI is InChI=1S/C15H22ClN3O2S/c1-11-14(20)17-9-4-10-19(11)15(21)18-8-3-2-5-12-6-7-13(16)22-12/h6-7,11H,2-5,8-10H2,1H3,(H,17,20)(H,18,21)/t11-/m0/s1. The van der Waals surface area contributed by atoms with Gasteiger partial charge in [-0.15, -0.1) is 11.3 Å². The summed E-state index contributed by atoms with van der Waals surface area (Å²) >= 11 is 7.49. The van der Waals surface area contributed by atoms with Gasteiger partial charge >= 0.3 is 6.03 Å². The number of aryl methyl sites for hydroxylation is 1. The van der Waals surface area contributed by atoms with Crippen molar-refractivity contribution in [3.63, 3.8) is 0 Å². The Morgan fingerprint density at radius 3 is 3.05 bits per heavy atom. The van der Waals surface area contributed by atoms with Crippen molar-refractivity contribution in [1.29, 1.82) is 0 Å². The molecule has 7 heteroatoms. The zero-order valence-electron chi connectivity index (χ0n) is 12.7. The Balaban J connectivity index is 1.67. The summed E-state index contributed by atoms with van der Waals surface area (Å²) in [7, 11) is 0. The van der Waals surface area contributed by atoms with Crippen LogP contribution in [-0.2, 0) is 11.2 Å². The number of carbonyl (C=O) groups is 2. The van der Waals surface area contributed by atoms with E-state index in [1.54, 1.807) is 23.2 Å². The molecular formula is C15H22ClN3O2S. The van der Waals surface area contributed by atoms with Crippen molar-refractivity contribution >= 4 is 34.9 Å². The number of amides is 3. The number of thiophene rings is 1. The fourth-order valence-corrected chi connectivity index (χ4v) is 3.56. The first-order valence-electron chi connectivity index (χ1n) is 7.64. The minimum absolute atomic E-state index is 0.0813. The monoisotopic (exact) mass is 343 g/mol. The largest absolute Gasteiger partial charge is 0.354 e. The predicted octanol–water partition coefficient (Wildman–Crippen LogP) is 2.64. The average molecular weight is 344 g/mol. The van der Waals surface area contributed by atoms with Gasteiger partial charge in [-0.25, -0.2) is 4.79 Å². The fourth-order valence-electron chi connectivity index (χ4n) is 2.43. The molecule has 5 nitrogen and oxygen atoms in total. The third kappa shape index (κ3) is 4.88. The summed E-state index contributed by atoms with van der Waals surface area (Å²) < 4.78 is 0.816. The highest BCUT2D eigenvalue weighted by molar-refractivity contribution is 7.16. The summed E-state index contributed by atoms with van der Waals surface area (Å²) in [6.07, 6.45) is 3.70. The molecule has 2 rings (SSSR count). The molecule has 122 valence electrons. The number of hydrogen-bond donors (Lipinski definition) is 2. The summed E-state index contributed by atoms with van der Waals surface area (Å²) in [4.78, 5) is 26.8. The van der Waals surface area contributed by atoms with Crippen LogP contribution in [0.5, 0.6) is 0 Å². The molecule has 1 aromatic rings. The third-order valence-corrected chi connectivity index (χ3v) is 5.03. The minimum atomic E-state index is -0.407. The maximum absolute atomic E-state index is 12.2. The molecule has 0 spiro atoms. The van der Waals surface area contributed by atoms with Gasteiger partial charge in [-0.2, -0.15) is 0 Å². The van der Waals surface area contributed by atoms with Crippen molar-refractivity contribution < 1.29 is 9.59 Å². The zero-order valence-corrected chi connectivity index (χ0v) is 14.3. The SMILES string of the molecule is C[C@H]1C(=O)NCCCN1C(=O)NCCCCc1ccc(Cl)s1. The number of halogens is 1. The van der Waals surface area contributed by atoms with Gasteiger partial charge in [-0.1, -0.05) is 11.6 Å². The van der Waals surface area contributed by atoms with Crippen molar-refractivity contribution in [2.75, 3.05) is 19.6 Å². The van der Waals surface area contributed by atoms with Crippen molar-refractivity contribution in [3.05, 3.63) is 21.3 Å². The number of unbranched alkanes of at least 4 members (excludes halogenated alkanes) is 1. The second kappa shape index (κ2) is 8.39. The van der Waals surface area contributed by atoms with Gasteiger partial charge in [0.05, 0.1) is 4.34 Å². The van der Waals surface area contributed by atoms with Crippen LogP contribution in [0.1, 0.15) is 31.1 Å². The van der Waals surface area contributed by atoms with E-state index in [1.807, 2.05) is 12.1 Å². The molecule has 22 heavy (non-hydrogen) atoms. The molecule has 0 unspecified atom stereocenters. The Morgan fingerprint density at radius 1 is 1.50 bits per heavy atom. The lowest BCUT2D eigenvalue weighted by molar-refractivity contribution is -0.124. The third-order valence-electron chi connectivity index (χ3n) is 3.74. The van der Waals surface area contributed by atoms with Crippen LogP contribution in [0.3, 0.4) is 0 Å². The van der Waals surface area contributed by atoms with Crippen LogP contribution < -0.4 is 10.6 Å². The van der Waals surface area contributed by atoms with Gasteiger partial charge in [0.2, 0.25) is 5.91 Å². The molecule has 0 bridgehead atoms. The van der Waals surface area contributed by atoms with Crippen LogP contribution in [0.2, 0.25) is 4.34 Å². The van der Waals surface area contributed by atoms with Gasteiger partial charge in [-0.3, -0.25) is 4.79 Å². The van der Waals surface area contributed by atoms with Crippen LogP contribution >= 0.6 is 22.9 Å². The first-order chi connectivity index (χ1) is 10.6. The molecule has 0 saturated carbocycles. The lowest BCUT2D eigenvalue weighted by Crippen LogP contribution is -2.49. The van der Waals surface area contributed by atoms with Gasteiger partial charge in [0.25, 0.3) is 0 Å². The van der Waals surface area contributed by atoms with E-state index < -0.39 is 6.04 Å². The molecule has 2 heterocycles. The van der Waals surface area contributed by atoms with E-state index in [2.05, 4.69) is 10.6 Å². The average Bonchev–Trinajstić information content (AvgIpc) is 2.83. The topological polar surface area (TPSA) is 61.4 Å². The molecule has 0 aromatic carbocycles. The molecule has 0 aliphatic carbocycles. The lowest BCUT2D eigenvalue weighted by Gasteiger charge is -2.25. The number of carbonyl (C=O) groups excluding carboxylic acids is 2. The van der Waals surface area contributed by atoms with E-state index >= 15 is 0 Å². The van der Waals surface area contributed by atoms with Crippen LogP contribution in [0.15, 0.2) is 12.1 Å². The van der Waals surface area contributed by atoms with Crippen molar-refractivity contribution in [3.8, 4) is 0 Å². The highest BCUT2D eigenvalue weighted by atomic mass is 35.5. The van der Waals surface area contributed by atoms with Crippen LogP contribution in [0.4, 0.5) is 4.79 Å². The van der Waals surface area contributed by atoms with E-state index in [4.69, 9.17) is 11.6 Å². The Labute approximate surface area is 140 Å². The number of hydrogen-bond acceptors (Lipinski definition) is 3. The van der Waals surface area contributed by atoms with E-state index in [0.717, 1.165) is 30.0 Å². The maximum Gasteiger partial charge on any atom is 0.318 e. The summed E-state index contributed by atoms with van der Waals surface area (Å²) in [5, 5.41) is 5.71. The number of urea groups is 1. The molecule has 1 fully saturated rings. The smallest absolute Gasteiger partial charge is 0.318 e. The zero-order chi connectivity index (χ0) is 15.9. The molecule has 2 N–H and O–H groups in total. The normalized spacial score (nSPS) is 18.7. The lowest BCUT2D eigenvalue weighted by atomic mass is 10.2. The number of nitrogens with zero attached hydrogens (tertiary/aromatic N) is 1. The molecular weight excluding hydrogens is 322 g/mol. The fraction of sp³-hybridized carbons (Fsp3) is 0.600. The Bertz CT molecular complexity index is 521. The molecule has 1 aliphatic rings. The molecule has 1 atom stereocenters. The van der Waals surface area contributed by atoms with Gasteiger partial charge < -0.3 is 15.5 Å². The molecule has 1 saturated heterocycles. The number of rotatable bonds is 5. The highest BCUT2D eigenvalue weighted by Crippen LogP contribution is 2.22. The summed E-state index contributed by atoms with van der Waals surface area (Å²) in [6.45, 7) is 3.64. The van der Waals surface area contributed by atoms with Crippen LogP contribution in [-0.4, -0.2) is 42.5 Å². The molecule has 0 radical (unpaired) electrons. The second-order valence-corrected chi connectivity index (χ2v) is 7.21. The summed E-state index contributed by atoms with van der Waals surface area (Å²) in [5.41, 5.74) is 0. The van der Waals surface area contributed by atoms with Crippen molar-refractivity contribution in [2.45, 2.75) is 38.6 Å². The van der Waals surface area contributed by atoms with Crippen LogP contribution in [0.25, 0.3) is 0 Å². The van der Waals surface area contributed by atoms with E-state index in [-0.39, 0.29) is 11.9 Å². The van der Waals surface area contributed by atoms with Gasteiger partial charge in [-0.05, 0) is 44.7 Å². The Morgan fingerprint density at radius 2 is 2.32 bits per heavy atom. The Hall–Kier alpha value is -1.27. The molecule has 1 aliphatic heterocycles. The van der Waals surface area contributed by atoms with E-state index in [9.17, 15) is 9.59 Å². The minimum Gasteiger partial charge on any atom is -0.354 e.